The number of rotatable bonds is 3. The van der Waals surface area contributed by atoms with Crippen LogP contribution in [0.5, 0.6) is 5.75 Å². The summed E-state index contributed by atoms with van der Waals surface area (Å²) in [5.41, 5.74) is -1.35. The van der Waals surface area contributed by atoms with Crippen LogP contribution in [0.3, 0.4) is 0 Å². The molecule has 0 fully saturated rings. The number of carbonyl (C=O) groups is 2. The standard InChI is InChI=1S/C22H19F4NO4/c1-10-12(8-17(28)31-22(2,3)4)18-16(9-15(25)20(29)19(18)26)27(10)21(30)11-5-6-13(23)14(24)7-11/h5-7,9,29H,8H2,1-4H3. The maximum Gasteiger partial charge on any atom is 0.310 e. The fourth-order valence-electron chi connectivity index (χ4n) is 3.31. The van der Waals surface area contributed by atoms with Gasteiger partial charge in [-0.1, -0.05) is 0 Å². The highest BCUT2D eigenvalue weighted by atomic mass is 19.2. The predicted molar refractivity (Wildman–Crippen MR) is 104 cm³/mol. The third-order valence-electron chi connectivity index (χ3n) is 4.60. The lowest BCUT2D eigenvalue weighted by Gasteiger charge is -2.19. The fourth-order valence-corrected chi connectivity index (χ4v) is 3.31. The van der Waals surface area contributed by atoms with E-state index in [1.165, 1.54) is 6.92 Å². The van der Waals surface area contributed by atoms with Gasteiger partial charge in [-0.25, -0.2) is 17.6 Å². The predicted octanol–water partition coefficient (Wildman–Crippen LogP) is 4.78. The van der Waals surface area contributed by atoms with Crippen molar-refractivity contribution in [1.29, 1.82) is 0 Å². The number of aromatic hydroxyl groups is 1. The van der Waals surface area contributed by atoms with Crippen molar-refractivity contribution in [1.82, 2.24) is 4.57 Å². The zero-order valence-electron chi connectivity index (χ0n) is 17.1. The molecule has 0 aliphatic carbocycles. The molecule has 2 aromatic carbocycles. The summed E-state index contributed by atoms with van der Waals surface area (Å²) < 4.78 is 61.9. The molecule has 31 heavy (non-hydrogen) atoms. The van der Waals surface area contributed by atoms with Gasteiger partial charge in [0.25, 0.3) is 5.91 Å². The SMILES string of the molecule is Cc1c(CC(=O)OC(C)(C)C)c2c(F)c(O)c(F)cc2n1C(=O)c1ccc(F)c(F)c1. The Morgan fingerprint density at radius 1 is 1.03 bits per heavy atom. The second-order valence-electron chi connectivity index (χ2n) is 8.01. The van der Waals surface area contributed by atoms with Gasteiger partial charge >= 0.3 is 5.97 Å². The summed E-state index contributed by atoms with van der Waals surface area (Å²) in [5.74, 6) is -8.03. The summed E-state index contributed by atoms with van der Waals surface area (Å²) in [6, 6.07) is 3.16. The molecular formula is C22H19F4NO4. The van der Waals surface area contributed by atoms with Gasteiger partial charge in [-0.15, -0.1) is 0 Å². The first kappa shape index (κ1) is 22.3. The zero-order valence-corrected chi connectivity index (χ0v) is 17.1. The van der Waals surface area contributed by atoms with Crippen LogP contribution >= 0.6 is 0 Å². The first-order valence-corrected chi connectivity index (χ1v) is 9.24. The number of benzene rings is 2. The van der Waals surface area contributed by atoms with Gasteiger partial charge in [0.2, 0.25) is 0 Å². The Balaban J connectivity index is 2.24. The van der Waals surface area contributed by atoms with E-state index in [0.29, 0.717) is 6.07 Å². The van der Waals surface area contributed by atoms with Crippen LogP contribution in [0, 0.1) is 30.2 Å². The number of esters is 1. The molecular weight excluding hydrogens is 418 g/mol. The number of ether oxygens (including phenoxy) is 1. The highest BCUT2D eigenvalue weighted by Gasteiger charge is 2.28. The van der Waals surface area contributed by atoms with Crippen molar-refractivity contribution in [3.63, 3.8) is 0 Å². The molecule has 1 heterocycles. The molecule has 5 nitrogen and oxygen atoms in total. The van der Waals surface area contributed by atoms with Gasteiger partial charge < -0.3 is 9.84 Å². The monoisotopic (exact) mass is 437 g/mol. The van der Waals surface area contributed by atoms with Crippen molar-refractivity contribution in [2.75, 3.05) is 0 Å². The minimum atomic E-state index is -1.35. The highest BCUT2D eigenvalue weighted by molar-refractivity contribution is 6.05. The van der Waals surface area contributed by atoms with Crippen LogP contribution in [0.25, 0.3) is 10.9 Å². The summed E-state index contributed by atoms with van der Waals surface area (Å²) in [7, 11) is 0. The molecule has 0 saturated carbocycles. The van der Waals surface area contributed by atoms with Gasteiger partial charge in [0.15, 0.2) is 29.0 Å². The van der Waals surface area contributed by atoms with Crippen molar-refractivity contribution < 1.29 is 37.0 Å². The minimum absolute atomic E-state index is 0.00650. The average Bonchev–Trinajstić information content (AvgIpc) is 2.91. The van der Waals surface area contributed by atoms with Gasteiger partial charge in [0, 0.05) is 22.7 Å². The molecule has 0 unspecified atom stereocenters. The lowest BCUT2D eigenvalue weighted by molar-refractivity contribution is -0.153. The summed E-state index contributed by atoms with van der Waals surface area (Å²) in [5, 5.41) is 9.37. The summed E-state index contributed by atoms with van der Waals surface area (Å²) in [6.07, 6.45) is -0.473. The van der Waals surface area contributed by atoms with Crippen LogP contribution < -0.4 is 0 Å². The molecule has 0 atom stereocenters. The van der Waals surface area contributed by atoms with Gasteiger partial charge in [-0.05, 0) is 51.5 Å². The Morgan fingerprint density at radius 2 is 1.68 bits per heavy atom. The number of halogens is 4. The Morgan fingerprint density at radius 3 is 2.26 bits per heavy atom. The molecule has 0 amide bonds. The number of hydrogen-bond acceptors (Lipinski definition) is 4. The van der Waals surface area contributed by atoms with Crippen LogP contribution in [-0.2, 0) is 16.0 Å². The molecule has 3 aromatic rings. The van der Waals surface area contributed by atoms with E-state index >= 15 is 0 Å². The van der Waals surface area contributed by atoms with E-state index < -0.39 is 52.9 Å². The molecule has 0 aliphatic rings. The minimum Gasteiger partial charge on any atom is -0.503 e. The molecule has 9 heteroatoms. The Kier molecular flexibility index (Phi) is 5.56. The molecule has 0 saturated heterocycles. The second-order valence-corrected chi connectivity index (χ2v) is 8.01. The quantitative estimate of drug-likeness (QED) is 0.473. The van der Waals surface area contributed by atoms with Crippen LogP contribution in [0.1, 0.15) is 42.4 Å². The van der Waals surface area contributed by atoms with E-state index in [-0.39, 0.29) is 27.7 Å². The second kappa shape index (κ2) is 7.72. The molecule has 0 spiro atoms. The molecule has 164 valence electrons. The Bertz CT molecular complexity index is 1220. The maximum atomic E-state index is 14.8. The molecule has 3 rings (SSSR count). The lowest BCUT2D eigenvalue weighted by Crippen LogP contribution is -2.25. The van der Waals surface area contributed by atoms with Crippen molar-refractivity contribution in [3.05, 3.63) is 64.4 Å². The number of nitrogens with zero attached hydrogens (tertiary/aromatic N) is 1. The van der Waals surface area contributed by atoms with Gasteiger partial charge in [0.05, 0.1) is 11.9 Å². The summed E-state index contributed by atoms with van der Waals surface area (Å²) in [6.45, 7) is 6.28. The lowest BCUT2D eigenvalue weighted by atomic mass is 10.1. The van der Waals surface area contributed by atoms with E-state index in [2.05, 4.69) is 0 Å². The topological polar surface area (TPSA) is 68.5 Å². The number of phenols is 1. The van der Waals surface area contributed by atoms with Crippen molar-refractivity contribution >= 4 is 22.8 Å². The third kappa shape index (κ3) is 4.12. The molecule has 1 aromatic heterocycles. The zero-order chi connectivity index (χ0) is 23.2. The highest BCUT2D eigenvalue weighted by Crippen LogP contribution is 2.35. The first-order valence-electron chi connectivity index (χ1n) is 9.24. The molecule has 0 bridgehead atoms. The number of hydrogen-bond donors (Lipinski definition) is 1. The number of carbonyl (C=O) groups excluding carboxylic acids is 2. The van der Waals surface area contributed by atoms with E-state index in [9.17, 15) is 32.3 Å². The van der Waals surface area contributed by atoms with Gasteiger partial charge in [0.1, 0.15) is 5.60 Å². The smallest absolute Gasteiger partial charge is 0.310 e. The van der Waals surface area contributed by atoms with Crippen molar-refractivity contribution in [2.45, 2.75) is 39.7 Å². The molecule has 0 aliphatic heterocycles. The average molecular weight is 437 g/mol. The van der Waals surface area contributed by atoms with Crippen molar-refractivity contribution in [3.8, 4) is 5.75 Å². The van der Waals surface area contributed by atoms with Crippen LogP contribution in [0.15, 0.2) is 24.3 Å². The normalized spacial score (nSPS) is 11.7. The fraction of sp³-hybridized carbons (Fsp3) is 0.273. The van der Waals surface area contributed by atoms with Crippen molar-refractivity contribution in [2.24, 2.45) is 0 Å². The number of phenolic OH excluding ortho intramolecular Hbond substituents is 1. The van der Waals surface area contributed by atoms with Crippen LogP contribution in [-0.4, -0.2) is 27.2 Å². The van der Waals surface area contributed by atoms with E-state index in [0.717, 1.165) is 22.8 Å². The largest absolute Gasteiger partial charge is 0.503 e. The van der Waals surface area contributed by atoms with Gasteiger partial charge in [-0.3, -0.25) is 14.2 Å². The number of fused-ring (bicyclic) bond motifs is 1. The number of aromatic nitrogens is 1. The first-order chi connectivity index (χ1) is 14.3. The Hall–Kier alpha value is -3.36. The van der Waals surface area contributed by atoms with E-state index in [4.69, 9.17) is 4.74 Å². The molecule has 1 N–H and O–H groups in total. The van der Waals surface area contributed by atoms with Crippen LogP contribution in [0.2, 0.25) is 0 Å². The molecule has 0 radical (unpaired) electrons. The van der Waals surface area contributed by atoms with E-state index in [1.54, 1.807) is 20.8 Å². The Labute approximate surface area is 174 Å². The van der Waals surface area contributed by atoms with E-state index in [1.807, 2.05) is 0 Å². The maximum absolute atomic E-state index is 14.8. The summed E-state index contributed by atoms with van der Waals surface area (Å²) >= 11 is 0. The van der Waals surface area contributed by atoms with Gasteiger partial charge in [-0.2, -0.15) is 0 Å². The summed E-state index contributed by atoms with van der Waals surface area (Å²) in [4.78, 5) is 25.4. The van der Waals surface area contributed by atoms with Crippen LogP contribution in [0.4, 0.5) is 17.6 Å². The third-order valence-corrected chi connectivity index (χ3v) is 4.60.